The topological polar surface area (TPSA) is 130 Å². The molecule has 14 heteroatoms. The lowest BCUT2D eigenvalue weighted by Gasteiger charge is -2.05. The van der Waals surface area contributed by atoms with E-state index in [9.17, 15) is 13.2 Å². The third-order valence-electron chi connectivity index (χ3n) is 4.46. The van der Waals surface area contributed by atoms with E-state index in [0.717, 1.165) is 33.4 Å². The maximum absolute atomic E-state index is 10.6. The fourth-order valence-corrected chi connectivity index (χ4v) is 3.73. The number of rotatable bonds is 4. The van der Waals surface area contributed by atoms with Gasteiger partial charge in [0.05, 0.1) is 28.1 Å². The van der Waals surface area contributed by atoms with Crippen molar-refractivity contribution in [1.82, 2.24) is 24.5 Å². The van der Waals surface area contributed by atoms with E-state index in [4.69, 9.17) is 25.9 Å². The molecule has 0 saturated heterocycles. The number of carboxylic acid groups (broad SMARTS) is 1. The molecule has 2 aromatic carbocycles. The highest BCUT2D eigenvalue weighted by Crippen LogP contribution is 2.33. The number of nitrogens with zero attached hydrogens (tertiary/aromatic N) is 4. The van der Waals surface area contributed by atoms with Gasteiger partial charge in [0.25, 0.3) is 0 Å². The Morgan fingerprint density at radius 2 is 1.94 bits per heavy atom. The molecule has 3 aromatic heterocycles. The van der Waals surface area contributed by atoms with Gasteiger partial charge >= 0.3 is 12.1 Å². The van der Waals surface area contributed by atoms with E-state index in [0.29, 0.717) is 21.9 Å². The maximum Gasteiger partial charge on any atom is 0.490 e. The molecule has 0 radical (unpaired) electrons. The van der Waals surface area contributed by atoms with Crippen molar-refractivity contribution in [3.8, 4) is 22.8 Å². The van der Waals surface area contributed by atoms with Crippen LogP contribution < -0.4 is 5.32 Å². The number of benzene rings is 2. The summed E-state index contributed by atoms with van der Waals surface area (Å²) in [5.74, 6) is -1.56. The first-order valence-corrected chi connectivity index (χ1v) is 10.8. The van der Waals surface area contributed by atoms with Gasteiger partial charge in [0.1, 0.15) is 6.26 Å². The summed E-state index contributed by atoms with van der Waals surface area (Å²) in [5, 5.41) is 19.4. The summed E-state index contributed by atoms with van der Waals surface area (Å²) in [6.07, 6.45) is -1.75. The molecule has 0 unspecified atom stereocenters. The first-order valence-electron chi connectivity index (χ1n) is 9.67. The Morgan fingerprint density at radius 1 is 1.20 bits per heavy atom. The summed E-state index contributed by atoms with van der Waals surface area (Å²) in [6, 6.07) is 11.6. The first kappa shape index (κ1) is 24.2. The van der Waals surface area contributed by atoms with E-state index in [1.54, 1.807) is 12.5 Å². The van der Waals surface area contributed by atoms with Gasteiger partial charge in [-0.2, -0.15) is 27.6 Å². The number of aliphatic carboxylic acids is 1. The van der Waals surface area contributed by atoms with Crippen LogP contribution in [0.1, 0.15) is 5.69 Å². The van der Waals surface area contributed by atoms with Gasteiger partial charge in [0.15, 0.2) is 5.82 Å². The molecule has 0 aliphatic rings. The van der Waals surface area contributed by atoms with Crippen molar-refractivity contribution in [2.45, 2.75) is 13.1 Å². The highest BCUT2D eigenvalue weighted by molar-refractivity contribution is 7.10. The lowest BCUT2D eigenvalue weighted by molar-refractivity contribution is -0.192. The number of alkyl halides is 3. The summed E-state index contributed by atoms with van der Waals surface area (Å²) in [7, 11) is 0. The fourth-order valence-electron chi connectivity index (χ4n) is 2.86. The van der Waals surface area contributed by atoms with Crippen LogP contribution in [0.15, 0.2) is 53.3 Å². The van der Waals surface area contributed by atoms with Gasteiger partial charge in [0.2, 0.25) is 11.0 Å². The van der Waals surface area contributed by atoms with Crippen LogP contribution in [0.3, 0.4) is 0 Å². The minimum absolute atomic E-state index is 0.577. The molecule has 0 bridgehead atoms. The zero-order valence-corrected chi connectivity index (χ0v) is 19.2. The molecule has 3 heterocycles. The number of anilines is 2. The number of oxazole rings is 1. The summed E-state index contributed by atoms with van der Waals surface area (Å²) in [4.78, 5) is 17.9. The van der Waals surface area contributed by atoms with Crippen molar-refractivity contribution < 1.29 is 27.5 Å². The van der Waals surface area contributed by atoms with Gasteiger partial charge < -0.3 is 14.8 Å². The molecule has 0 fully saturated rings. The summed E-state index contributed by atoms with van der Waals surface area (Å²) in [6.45, 7) is 1.89. The van der Waals surface area contributed by atoms with Crippen LogP contribution in [-0.4, -0.2) is 41.8 Å². The Balaban J connectivity index is 0.000000364. The minimum atomic E-state index is -5.08. The quantitative estimate of drug-likeness (QED) is 0.259. The van der Waals surface area contributed by atoms with Gasteiger partial charge in [-0.05, 0) is 31.2 Å². The van der Waals surface area contributed by atoms with E-state index in [2.05, 4.69) is 29.9 Å². The third kappa shape index (κ3) is 5.58. The second-order valence-electron chi connectivity index (χ2n) is 6.98. The van der Waals surface area contributed by atoms with Crippen molar-refractivity contribution in [1.29, 1.82) is 0 Å². The summed E-state index contributed by atoms with van der Waals surface area (Å²) < 4.78 is 41.7. The highest BCUT2D eigenvalue weighted by atomic mass is 35.5. The molecule has 9 nitrogen and oxygen atoms in total. The maximum atomic E-state index is 10.6. The van der Waals surface area contributed by atoms with Gasteiger partial charge in [-0.15, -0.1) is 0 Å². The number of aromatic nitrogens is 5. The van der Waals surface area contributed by atoms with Gasteiger partial charge in [-0.25, -0.2) is 9.78 Å². The van der Waals surface area contributed by atoms with Crippen molar-refractivity contribution >= 4 is 50.8 Å². The van der Waals surface area contributed by atoms with Crippen molar-refractivity contribution in [2.24, 2.45) is 0 Å². The Labute approximate surface area is 203 Å². The average molecular weight is 523 g/mol. The molecular weight excluding hydrogens is 509 g/mol. The molecule has 0 aliphatic carbocycles. The summed E-state index contributed by atoms with van der Waals surface area (Å²) >= 11 is 7.73. The van der Waals surface area contributed by atoms with Crippen molar-refractivity contribution in [3.05, 3.63) is 59.6 Å². The standard InChI is InChI=1S/C19H13ClN6OS.C2HF3O2/c1-10-9-27-18(22-10)12-4-2-3-11(7-12)17-24-19(28-26-17)23-15-6-5-14-13(16(15)20)8-21-25-14;3-2(4,5)1(6)7/h2-9H,1H3,(H,21,25)(H,23,24,26);(H,6,7). The predicted octanol–water partition coefficient (Wildman–Crippen LogP) is 6.08. The average Bonchev–Trinajstić information content (AvgIpc) is 3.57. The Morgan fingerprint density at radius 3 is 2.63 bits per heavy atom. The smallest absolute Gasteiger partial charge is 0.475 e. The van der Waals surface area contributed by atoms with E-state index < -0.39 is 12.1 Å². The molecule has 0 amide bonds. The van der Waals surface area contributed by atoms with Crippen LogP contribution in [0.5, 0.6) is 0 Å². The lowest BCUT2D eigenvalue weighted by Crippen LogP contribution is -2.21. The third-order valence-corrected chi connectivity index (χ3v) is 5.49. The highest BCUT2D eigenvalue weighted by Gasteiger charge is 2.38. The Hall–Kier alpha value is -3.97. The number of aryl methyl sites for hydroxylation is 1. The molecule has 5 aromatic rings. The molecule has 3 N–H and O–H groups in total. The Kier molecular flexibility index (Phi) is 6.71. The lowest BCUT2D eigenvalue weighted by atomic mass is 10.1. The number of nitrogens with one attached hydrogen (secondary N) is 2. The zero-order valence-electron chi connectivity index (χ0n) is 17.6. The van der Waals surface area contributed by atoms with E-state index in [-0.39, 0.29) is 0 Å². The summed E-state index contributed by atoms with van der Waals surface area (Å²) in [5.41, 5.74) is 4.23. The SMILES string of the molecule is Cc1coc(-c2cccc(-c3nsc(Nc4ccc5[nH]ncc5c4Cl)n3)c2)n1.O=C(O)C(F)(F)F. The molecular formula is C21H14ClF3N6O3S. The monoisotopic (exact) mass is 522 g/mol. The predicted molar refractivity (Wildman–Crippen MR) is 124 cm³/mol. The number of H-pyrrole nitrogens is 1. The van der Waals surface area contributed by atoms with Crippen LogP contribution in [0.4, 0.5) is 24.0 Å². The largest absolute Gasteiger partial charge is 0.490 e. The second kappa shape index (κ2) is 9.72. The van der Waals surface area contributed by atoms with E-state index in [1.165, 1.54) is 11.5 Å². The normalized spacial score (nSPS) is 11.2. The van der Waals surface area contributed by atoms with Crippen LogP contribution in [-0.2, 0) is 4.79 Å². The van der Waals surface area contributed by atoms with Crippen LogP contribution in [0, 0.1) is 6.92 Å². The molecule has 0 atom stereocenters. The molecule has 0 spiro atoms. The fraction of sp³-hybridized carbons (Fsp3) is 0.0952. The second-order valence-corrected chi connectivity index (χ2v) is 8.11. The van der Waals surface area contributed by atoms with Crippen LogP contribution in [0.2, 0.25) is 5.02 Å². The number of aromatic amines is 1. The first-order chi connectivity index (χ1) is 16.6. The van der Waals surface area contributed by atoms with Crippen molar-refractivity contribution in [2.75, 3.05) is 5.32 Å². The molecule has 35 heavy (non-hydrogen) atoms. The zero-order chi connectivity index (χ0) is 25.2. The number of hydrogen-bond acceptors (Lipinski definition) is 8. The van der Waals surface area contributed by atoms with E-state index >= 15 is 0 Å². The van der Waals surface area contributed by atoms with Gasteiger partial charge in [-0.3, -0.25) is 5.10 Å². The minimum Gasteiger partial charge on any atom is -0.475 e. The van der Waals surface area contributed by atoms with Crippen LogP contribution in [0.25, 0.3) is 33.7 Å². The van der Waals surface area contributed by atoms with Crippen molar-refractivity contribution in [3.63, 3.8) is 0 Å². The number of carbonyl (C=O) groups is 1. The van der Waals surface area contributed by atoms with Gasteiger partial charge in [-0.1, -0.05) is 23.7 Å². The Bertz CT molecular complexity index is 1500. The van der Waals surface area contributed by atoms with Gasteiger partial charge in [0, 0.05) is 28.0 Å². The molecule has 180 valence electrons. The number of hydrogen-bond donors (Lipinski definition) is 3. The molecule has 0 saturated carbocycles. The molecule has 5 rings (SSSR count). The number of fused-ring (bicyclic) bond motifs is 1. The van der Waals surface area contributed by atoms with Crippen LogP contribution >= 0.6 is 23.1 Å². The molecule has 0 aliphatic heterocycles. The van der Waals surface area contributed by atoms with E-state index in [1.807, 2.05) is 43.3 Å². The number of carboxylic acids is 1. The number of halogens is 4.